The van der Waals surface area contributed by atoms with Gasteiger partial charge in [0.15, 0.2) is 5.79 Å². The van der Waals surface area contributed by atoms with Gasteiger partial charge < -0.3 is 9.47 Å². The number of ether oxygens (including phenoxy) is 2. The Kier molecular flexibility index (Phi) is 3.14. The highest BCUT2D eigenvalue weighted by molar-refractivity contribution is 5.23. The molecule has 3 fully saturated rings. The molecule has 0 amide bonds. The second-order valence-electron chi connectivity index (χ2n) is 6.78. The Balaban J connectivity index is 1.89. The van der Waals surface area contributed by atoms with E-state index in [-0.39, 0.29) is 11.2 Å². The van der Waals surface area contributed by atoms with Gasteiger partial charge in [-0.3, -0.25) is 0 Å². The van der Waals surface area contributed by atoms with Crippen molar-refractivity contribution in [1.82, 2.24) is 0 Å². The fraction of sp³-hybridized carbons (Fsp3) is 0.765. The van der Waals surface area contributed by atoms with Crippen LogP contribution in [-0.4, -0.2) is 19.0 Å². The molecule has 0 bridgehead atoms. The summed E-state index contributed by atoms with van der Waals surface area (Å²) in [6.07, 6.45) is 5.74. The van der Waals surface area contributed by atoms with Crippen molar-refractivity contribution in [3.63, 3.8) is 0 Å². The lowest BCUT2D eigenvalue weighted by molar-refractivity contribution is -0.188. The van der Waals surface area contributed by atoms with E-state index in [9.17, 15) is 0 Å². The van der Waals surface area contributed by atoms with Crippen molar-refractivity contribution in [2.75, 3.05) is 13.2 Å². The van der Waals surface area contributed by atoms with Crippen LogP contribution in [0.1, 0.15) is 46.0 Å². The van der Waals surface area contributed by atoms with Crippen LogP contribution < -0.4 is 0 Å². The van der Waals surface area contributed by atoms with Crippen molar-refractivity contribution in [1.29, 1.82) is 0 Å². The lowest BCUT2D eigenvalue weighted by Gasteiger charge is -2.45. The van der Waals surface area contributed by atoms with Gasteiger partial charge in [-0.05, 0) is 43.9 Å². The standard InChI is InChI=1S/C17H26O2/c1-12(2)15-6-5-13(3)16(11-15)7-8-17(14(16)4)18-9-10-19-17/h14-15H,1,3,5-11H2,2,4H3/t14-,15+,16+/m1/s1. The van der Waals surface area contributed by atoms with Gasteiger partial charge >= 0.3 is 0 Å². The Bertz CT molecular complexity index is 405. The molecular weight excluding hydrogens is 236 g/mol. The van der Waals surface area contributed by atoms with Crippen molar-refractivity contribution in [3.8, 4) is 0 Å². The topological polar surface area (TPSA) is 18.5 Å². The number of hydrogen-bond acceptors (Lipinski definition) is 2. The van der Waals surface area contributed by atoms with Crippen LogP contribution in [0.3, 0.4) is 0 Å². The summed E-state index contributed by atoms with van der Waals surface area (Å²) >= 11 is 0. The van der Waals surface area contributed by atoms with Crippen LogP contribution in [0.25, 0.3) is 0 Å². The summed E-state index contributed by atoms with van der Waals surface area (Å²) in [5, 5.41) is 0. The van der Waals surface area contributed by atoms with Gasteiger partial charge in [0.2, 0.25) is 0 Å². The minimum absolute atomic E-state index is 0.214. The molecule has 106 valence electrons. The molecule has 0 aromatic rings. The first kappa shape index (κ1) is 13.4. The zero-order valence-corrected chi connectivity index (χ0v) is 12.3. The normalized spacial score (nSPS) is 41.3. The summed E-state index contributed by atoms with van der Waals surface area (Å²) < 4.78 is 12.0. The molecular formula is C17H26O2. The maximum absolute atomic E-state index is 6.00. The molecule has 2 nitrogen and oxygen atoms in total. The summed E-state index contributed by atoms with van der Waals surface area (Å²) in [5.74, 6) is 0.738. The summed E-state index contributed by atoms with van der Waals surface area (Å²) in [5.41, 5.74) is 2.97. The monoisotopic (exact) mass is 262 g/mol. The van der Waals surface area contributed by atoms with Crippen LogP contribution in [0.4, 0.5) is 0 Å². The molecule has 0 aromatic heterocycles. The van der Waals surface area contributed by atoms with E-state index in [0.717, 1.165) is 32.5 Å². The second-order valence-corrected chi connectivity index (χ2v) is 6.78. The van der Waals surface area contributed by atoms with E-state index in [1.165, 1.54) is 24.0 Å². The fourth-order valence-corrected chi connectivity index (χ4v) is 4.58. The first-order valence-electron chi connectivity index (χ1n) is 7.62. The SMILES string of the molecule is C=C(C)[C@H]1CCC(=C)[C@]2(CCC3(OCCO3)[C@@H]2C)C1. The third kappa shape index (κ3) is 1.84. The lowest BCUT2D eigenvalue weighted by Crippen LogP contribution is -2.42. The van der Waals surface area contributed by atoms with Crippen LogP contribution in [0.2, 0.25) is 0 Å². The van der Waals surface area contributed by atoms with E-state index < -0.39 is 0 Å². The Morgan fingerprint density at radius 2 is 1.95 bits per heavy atom. The molecule has 2 spiro atoms. The number of allylic oxidation sites excluding steroid dienone is 2. The highest BCUT2D eigenvalue weighted by Gasteiger charge is 2.60. The van der Waals surface area contributed by atoms with E-state index >= 15 is 0 Å². The van der Waals surface area contributed by atoms with Crippen LogP contribution in [-0.2, 0) is 9.47 Å². The average molecular weight is 262 g/mol. The third-order valence-electron chi connectivity index (χ3n) is 5.99. The van der Waals surface area contributed by atoms with Crippen molar-refractivity contribution in [2.45, 2.75) is 51.7 Å². The molecule has 0 unspecified atom stereocenters. The first-order valence-corrected chi connectivity index (χ1v) is 7.62. The van der Waals surface area contributed by atoms with Crippen LogP contribution in [0, 0.1) is 17.3 Å². The lowest BCUT2D eigenvalue weighted by atomic mass is 9.60. The van der Waals surface area contributed by atoms with Crippen molar-refractivity contribution >= 4 is 0 Å². The molecule has 0 N–H and O–H groups in total. The Morgan fingerprint density at radius 1 is 1.26 bits per heavy atom. The first-order chi connectivity index (χ1) is 9.00. The van der Waals surface area contributed by atoms with Gasteiger partial charge in [-0.25, -0.2) is 0 Å². The molecule has 2 saturated carbocycles. The van der Waals surface area contributed by atoms with Gasteiger partial charge in [-0.1, -0.05) is 31.2 Å². The van der Waals surface area contributed by atoms with Crippen LogP contribution in [0.15, 0.2) is 24.3 Å². The molecule has 1 aliphatic heterocycles. The van der Waals surface area contributed by atoms with Crippen molar-refractivity contribution in [2.24, 2.45) is 17.3 Å². The average Bonchev–Trinajstić information content (AvgIpc) is 2.96. The number of hydrogen-bond donors (Lipinski definition) is 0. The molecule has 2 heteroatoms. The Hall–Kier alpha value is -0.600. The molecule has 3 aliphatic rings. The van der Waals surface area contributed by atoms with E-state index in [0.29, 0.717) is 11.8 Å². The Morgan fingerprint density at radius 3 is 2.58 bits per heavy atom. The predicted molar refractivity (Wildman–Crippen MR) is 76.8 cm³/mol. The molecule has 19 heavy (non-hydrogen) atoms. The maximum atomic E-state index is 6.00. The zero-order valence-electron chi connectivity index (χ0n) is 12.3. The van der Waals surface area contributed by atoms with E-state index in [1.54, 1.807) is 0 Å². The van der Waals surface area contributed by atoms with Gasteiger partial charge in [-0.15, -0.1) is 0 Å². The van der Waals surface area contributed by atoms with E-state index in [1.807, 2.05) is 0 Å². The molecule has 1 heterocycles. The maximum Gasteiger partial charge on any atom is 0.171 e. The summed E-state index contributed by atoms with van der Waals surface area (Å²) in [6, 6.07) is 0. The quantitative estimate of drug-likeness (QED) is 0.663. The largest absolute Gasteiger partial charge is 0.347 e. The summed E-state index contributed by atoms with van der Waals surface area (Å²) in [4.78, 5) is 0. The molecule has 0 aromatic carbocycles. The molecule has 3 rings (SSSR count). The predicted octanol–water partition coefficient (Wildman–Crippen LogP) is 4.08. The number of rotatable bonds is 1. The van der Waals surface area contributed by atoms with Gasteiger partial charge in [0.1, 0.15) is 0 Å². The van der Waals surface area contributed by atoms with E-state index in [2.05, 4.69) is 27.0 Å². The van der Waals surface area contributed by atoms with Crippen LogP contribution >= 0.6 is 0 Å². The zero-order chi connectivity index (χ0) is 13.7. The third-order valence-corrected chi connectivity index (χ3v) is 5.99. The Labute approximate surface area is 116 Å². The second kappa shape index (κ2) is 4.46. The highest BCUT2D eigenvalue weighted by Crippen LogP contribution is 2.62. The molecule has 2 aliphatic carbocycles. The summed E-state index contributed by atoms with van der Waals surface area (Å²) in [7, 11) is 0. The van der Waals surface area contributed by atoms with Gasteiger partial charge in [-0.2, -0.15) is 0 Å². The van der Waals surface area contributed by atoms with Crippen molar-refractivity contribution in [3.05, 3.63) is 24.3 Å². The van der Waals surface area contributed by atoms with Gasteiger partial charge in [0.25, 0.3) is 0 Å². The highest BCUT2D eigenvalue weighted by atomic mass is 16.7. The van der Waals surface area contributed by atoms with Gasteiger partial charge in [0.05, 0.1) is 13.2 Å². The van der Waals surface area contributed by atoms with E-state index in [4.69, 9.17) is 9.47 Å². The fourth-order valence-electron chi connectivity index (χ4n) is 4.58. The molecule has 0 radical (unpaired) electrons. The molecule has 1 saturated heterocycles. The minimum Gasteiger partial charge on any atom is -0.347 e. The smallest absolute Gasteiger partial charge is 0.171 e. The van der Waals surface area contributed by atoms with Crippen molar-refractivity contribution < 1.29 is 9.47 Å². The molecule has 3 atom stereocenters. The van der Waals surface area contributed by atoms with Gasteiger partial charge in [0, 0.05) is 12.3 Å². The minimum atomic E-state index is -0.320. The van der Waals surface area contributed by atoms with Crippen LogP contribution in [0.5, 0.6) is 0 Å². The summed E-state index contributed by atoms with van der Waals surface area (Å²) in [6.45, 7) is 14.6.